The van der Waals surface area contributed by atoms with Gasteiger partial charge in [0.15, 0.2) is 11.5 Å². The molecule has 1 aliphatic heterocycles. The quantitative estimate of drug-likeness (QED) is 0.570. The number of nitrogens with zero attached hydrogens (tertiary/aromatic N) is 2. The molecule has 0 spiro atoms. The number of rotatable bonds is 4. The third kappa shape index (κ3) is 3.15. The minimum atomic E-state index is -0.0985. The molecule has 0 saturated heterocycles. The number of hydrogen-bond donors (Lipinski definition) is 1. The topological polar surface area (TPSA) is 73.3 Å². The lowest BCUT2D eigenvalue weighted by Gasteiger charge is -2.19. The van der Waals surface area contributed by atoms with Gasteiger partial charge in [-0.1, -0.05) is 11.8 Å². The number of hydrogen-bond acceptors (Lipinski definition) is 7. The first-order valence-electron chi connectivity index (χ1n) is 7.30. The van der Waals surface area contributed by atoms with E-state index in [-0.39, 0.29) is 11.7 Å². The fraction of sp³-hybridized carbons (Fsp3) is 0.188. The molecule has 1 amide bonds. The molecular weight excluding hydrogens is 346 g/mol. The van der Waals surface area contributed by atoms with Crippen molar-refractivity contribution >= 4 is 44.9 Å². The van der Waals surface area contributed by atoms with E-state index in [1.54, 1.807) is 29.5 Å². The van der Waals surface area contributed by atoms with Crippen molar-refractivity contribution in [3.05, 3.63) is 36.0 Å². The maximum Gasteiger partial charge on any atom is 0.234 e. The number of thioether (sulfide) groups is 1. The van der Waals surface area contributed by atoms with Crippen LogP contribution in [0.1, 0.15) is 0 Å². The first-order chi connectivity index (χ1) is 11.8. The van der Waals surface area contributed by atoms with Gasteiger partial charge in [0.05, 0.1) is 5.75 Å². The number of carbonyl (C=O) groups excluding carboxylic acids is 1. The van der Waals surface area contributed by atoms with Crippen molar-refractivity contribution in [1.82, 2.24) is 9.97 Å². The van der Waals surface area contributed by atoms with Crippen LogP contribution >= 0.6 is 23.1 Å². The Bertz CT molecular complexity index is 897. The van der Waals surface area contributed by atoms with Gasteiger partial charge in [-0.3, -0.25) is 4.79 Å². The van der Waals surface area contributed by atoms with Crippen molar-refractivity contribution in [2.24, 2.45) is 0 Å². The normalized spacial score (nSPS) is 13.0. The van der Waals surface area contributed by atoms with E-state index in [4.69, 9.17) is 9.47 Å². The first-order valence-corrected chi connectivity index (χ1v) is 9.16. The number of aromatic nitrogens is 2. The Balaban J connectivity index is 1.41. The Morgan fingerprint density at radius 1 is 1.21 bits per heavy atom. The highest BCUT2D eigenvalue weighted by Crippen LogP contribution is 2.33. The molecule has 8 heteroatoms. The number of benzene rings is 1. The molecule has 3 heterocycles. The van der Waals surface area contributed by atoms with E-state index >= 15 is 0 Å². The maximum absolute atomic E-state index is 12.2. The maximum atomic E-state index is 12.2. The lowest BCUT2D eigenvalue weighted by Crippen LogP contribution is -2.17. The highest BCUT2D eigenvalue weighted by Gasteiger charge is 2.13. The summed E-state index contributed by atoms with van der Waals surface area (Å²) in [6.07, 6.45) is 1.53. The fourth-order valence-electron chi connectivity index (χ4n) is 2.33. The van der Waals surface area contributed by atoms with Gasteiger partial charge in [-0.05, 0) is 23.6 Å². The van der Waals surface area contributed by atoms with E-state index in [9.17, 15) is 4.79 Å². The summed E-state index contributed by atoms with van der Waals surface area (Å²) in [5.41, 5.74) is 0.688. The third-order valence-electron chi connectivity index (χ3n) is 3.39. The standard InChI is InChI=1S/C16H13N3O3S2/c20-14(8-24-16-11-3-6-23-15(11)17-9-18-16)19-10-1-2-12-13(7-10)22-5-4-21-12/h1-3,6-7,9H,4-5,8H2,(H,19,20). The Hall–Kier alpha value is -2.32. The van der Waals surface area contributed by atoms with Crippen LogP contribution < -0.4 is 14.8 Å². The van der Waals surface area contributed by atoms with Gasteiger partial charge in [-0.2, -0.15) is 0 Å². The molecular formula is C16H13N3O3S2. The number of anilines is 1. The third-order valence-corrected chi connectivity index (χ3v) is 5.22. The zero-order valence-corrected chi connectivity index (χ0v) is 14.2. The number of fused-ring (bicyclic) bond motifs is 2. The molecule has 0 unspecified atom stereocenters. The van der Waals surface area contributed by atoms with Crippen LogP contribution in [0.5, 0.6) is 11.5 Å². The van der Waals surface area contributed by atoms with Gasteiger partial charge in [0.2, 0.25) is 5.91 Å². The summed E-state index contributed by atoms with van der Waals surface area (Å²) in [6, 6.07) is 7.36. The molecule has 24 heavy (non-hydrogen) atoms. The zero-order chi connectivity index (χ0) is 16.4. The van der Waals surface area contributed by atoms with Crippen LogP contribution in [0, 0.1) is 0 Å². The minimum Gasteiger partial charge on any atom is -0.486 e. The zero-order valence-electron chi connectivity index (χ0n) is 12.5. The lowest BCUT2D eigenvalue weighted by atomic mass is 10.2. The molecule has 0 aliphatic carbocycles. The molecule has 1 N–H and O–H groups in total. The predicted octanol–water partition coefficient (Wildman–Crippen LogP) is 3.19. The van der Waals surface area contributed by atoms with Gasteiger partial charge in [0, 0.05) is 17.1 Å². The summed E-state index contributed by atoms with van der Waals surface area (Å²) in [5.74, 6) is 1.53. The van der Waals surface area contributed by atoms with Gasteiger partial charge in [0.25, 0.3) is 0 Å². The van der Waals surface area contributed by atoms with Crippen LogP contribution in [0.4, 0.5) is 5.69 Å². The predicted molar refractivity (Wildman–Crippen MR) is 94.2 cm³/mol. The highest BCUT2D eigenvalue weighted by molar-refractivity contribution is 8.00. The van der Waals surface area contributed by atoms with Gasteiger partial charge >= 0.3 is 0 Å². The second kappa shape index (κ2) is 6.66. The van der Waals surface area contributed by atoms with Crippen LogP contribution in [0.3, 0.4) is 0 Å². The van der Waals surface area contributed by atoms with Crippen molar-refractivity contribution in [2.45, 2.75) is 5.03 Å². The summed E-state index contributed by atoms with van der Waals surface area (Å²) >= 11 is 2.96. The van der Waals surface area contributed by atoms with E-state index in [0.29, 0.717) is 30.4 Å². The van der Waals surface area contributed by atoms with Gasteiger partial charge < -0.3 is 14.8 Å². The number of carbonyl (C=O) groups is 1. The van der Waals surface area contributed by atoms with Crippen LogP contribution in [-0.2, 0) is 4.79 Å². The molecule has 122 valence electrons. The molecule has 0 fully saturated rings. The van der Waals surface area contributed by atoms with Gasteiger partial charge in [0.1, 0.15) is 29.4 Å². The summed E-state index contributed by atoms with van der Waals surface area (Å²) in [5, 5.41) is 6.64. The smallest absolute Gasteiger partial charge is 0.234 e. The monoisotopic (exact) mass is 359 g/mol. The second-order valence-corrected chi connectivity index (χ2v) is 6.87. The molecule has 4 rings (SSSR count). The van der Waals surface area contributed by atoms with E-state index < -0.39 is 0 Å². The van der Waals surface area contributed by atoms with Crippen molar-refractivity contribution in [2.75, 3.05) is 24.3 Å². The Morgan fingerprint density at radius 2 is 2.08 bits per heavy atom. The number of amides is 1. The van der Waals surface area contributed by atoms with Crippen molar-refractivity contribution < 1.29 is 14.3 Å². The van der Waals surface area contributed by atoms with Crippen molar-refractivity contribution in [1.29, 1.82) is 0 Å². The molecule has 0 bridgehead atoms. The van der Waals surface area contributed by atoms with Gasteiger partial charge in [-0.25, -0.2) is 9.97 Å². The summed E-state index contributed by atoms with van der Waals surface area (Å²) in [7, 11) is 0. The van der Waals surface area contributed by atoms with E-state index in [2.05, 4.69) is 15.3 Å². The van der Waals surface area contributed by atoms with Crippen LogP contribution in [0.2, 0.25) is 0 Å². The van der Waals surface area contributed by atoms with E-state index in [1.165, 1.54) is 18.1 Å². The average Bonchev–Trinajstić information content (AvgIpc) is 3.09. The molecule has 0 saturated carbocycles. The summed E-state index contributed by atoms with van der Waals surface area (Å²) in [4.78, 5) is 21.6. The van der Waals surface area contributed by atoms with E-state index in [1.807, 2.05) is 11.4 Å². The number of thiophene rings is 1. The summed E-state index contributed by atoms with van der Waals surface area (Å²) in [6.45, 7) is 1.07. The molecule has 2 aromatic heterocycles. The van der Waals surface area contributed by atoms with Crippen LogP contribution in [-0.4, -0.2) is 34.8 Å². The molecule has 0 radical (unpaired) electrons. The van der Waals surface area contributed by atoms with Gasteiger partial charge in [-0.15, -0.1) is 11.3 Å². The van der Waals surface area contributed by atoms with Crippen molar-refractivity contribution in [3.63, 3.8) is 0 Å². The number of nitrogens with one attached hydrogen (secondary N) is 1. The molecule has 1 aromatic carbocycles. The molecule has 1 aliphatic rings. The Labute approximate surface area is 146 Å². The van der Waals surface area contributed by atoms with Crippen LogP contribution in [0.15, 0.2) is 41.0 Å². The average molecular weight is 359 g/mol. The molecule has 6 nitrogen and oxygen atoms in total. The molecule has 0 atom stereocenters. The largest absolute Gasteiger partial charge is 0.486 e. The Kier molecular flexibility index (Phi) is 4.22. The van der Waals surface area contributed by atoms with Crippen LogP contribution in [0.25, 0.3) is 10.2 Å². The Morgan fingerprint density at radius 3 is 3.00 bits per heavy atom. The first kappa shape index (κ1) is 15.2. The SMILES string of the molecule is O=C(CSc1ncnc2sccc12)Nc1ccc2c(c1)OCCO2. The number of ether oxygens (including phenoxy) is 2. The second-order valence-electron chi connectivity index (χ2n) is 5.01. The fourth-order valence-corrected chi connectivity index (χ4v) is 3.91. The highest BCUT2D eigenvalue weighted by atomic mass is 32.2. The lowest BCUT2D eigenvalue weighted by molar-refractivity contribution is -0.113. The minimum absolute atomic E-state index is 0.0985. The van der Waals surface area contributed by atoms with Crippen molar-refractivity contribution in [3.8, 4) is 11.5 Å². The molecule has 3 aromatic rings. The van der Waals surface area contributed by atoms with E-state index in [0.717, 1.165) is 15.2 Å². The summed E-state index contributed by atoms with van der Waals surface area (Å²) < 4.78 is 11.0.